The van der Waals surface area contributed by atoms with Crippen molar-refractivity contribution in [1.29, 1.82) is 0 Å². The summed E-state index contributed by atoms with van der Waals surface area (Å²) in [7, 11) is 0. The van der Waals surface area contributed by atoms with Gasteiger partial charge in [0.2, 0.25) is 5.91 Å². The van der Waals surface area contributed by atoms with Crippen molar-refractivity contribution in [2.75, 3.05) is 0 Å². The van der Waals surface area contributed by atoms with E-state index in [0.717, 1.165) is 6.42 Å². The molecule has 0 aliphatic rings. The number of aliphatic imine (C=N–C) groups is 1. The summed E-state index contributed by atoms with van der Waals surface area (Å²) in [5.74, 6) is 0.214. The van der Waals surface area contributed by atoms with Crippen molar-refractivity contribution in [2.45, 2.75) is 40.5 Å². The lowest BCUT2D eigenvalue weighted by Crippen LogP contribution is -2.08. The Morgan fingerprint density at radius 2 is 1.91 bits per heavy atom. The molecule has 0 rings (SSSR count). The van der Waals surface area contributed by atoms with Crippen LogP contribution >= 0.6 is 0 Å². The molecule has 0 aromatic heterocycles. The van der Waals surface area contributed by atoms with Crippen molar-refractivity contribution in [3.63, 3.8) is 0 Å². The van der Waals surface area contributed by atoms with Crippen LogP contribution in [0.2, 0.25) is 0 Å². The number of amides is 1. The molecule has 0 radical (unpaired) electrons. The van der Waals surface area contributed by atoms with E-state index in [1.165, 1.54) is 0 Å². The first kappa shape index (κ1) is 12.8. The third-order valence-electron chi connectivity index (χ3n) is 0.765. The lowest BCUT2D eigenvalue weighted by atomic mass is 10.3. The van der Waals surface area contributed by atoms with E-state index >= 15 is 0 Å². The Balaban J connectivity index is 0. The fourth-order valence-corrected chi connectivity index (χ4v) is 0.466. The molecule has 0 heterocycles. The molecule has 11 heavy (non-hydrogen) atoms. The predicted molar refractivity (Wildman–Crippen MR) is 48.6 cm³/mol. The molecule has 0 aromatic carbocycles. The van der Waals surface area contributed by atoms with Gasteiger partial charge in [0.25, 0.3) is 0 Å². The van der Waals surface area contributed by atoms with E-state index in [1.54, 1.807) is 6.92 Å². The van der Waals surface area contributed by atoms with E-state index in [2.05, 4.69) is 4.99 Å². The smallest absolute Gasteiger partial charge is 0.247 e. The van der Waals surface area contributed by atoms with Crippen molar-refractivity contribution in [1.82, 2.24) is 0 Å². The zero-order valence-corrected chi connectivity index (χ0v) is 7.85. The molecule has 0 saturated carbocycles. The van der Waals surface area contributed by atoms with Gasteiger partial charge in [-0.2, -0.15) is 0 Å². The van der Waals surface area contributed by atoms with Crippen LogP contribution in [0.25, 0.3) is 0 Å². The minimum Gasteiger partial charge on any atom is -0.387 e. The fourth-order valence-electron chi connectivity index (χ4n) is 0.466. The number of carbonyl (C=O) groups is 1. The molecule has 0 atom stereocenters. The first-order valence-electron chi connectivity index (χ1n) is 4.00. The van der Waals surface area contributed by atoms with Gasteiger partial charge in [0.1, 0.15) is 0 Å². The van der Waals surface area contributed by atoms with Crippen LogP contribution in [0.3, 0.4) is 0 Å². The highest BCUT2D eigenvalue weighted by molar-refractivity contribution is 5.92. The molecular weight excluding hydrogens is 140 g/mol. The third-order valence-corrected chi connectivity index (χ3v) is 0.765. The second-order valence-corrected chi connectivity index (χ2v) is 1.90. The molecule has 2 N–H and O–H groups in total. The van der Waals surface area contributed by atoms with Crippen LogP contribution < -0.4 is 5.73 Å². The lowest BCUT2D eigenvalue weighted by molar-refractivity contribution is -0.117. The van der Waals surface area contributed by atoms with Gasteiger partial charge in [-0.1, -0.05) is 20.8 Å². The highest BCUT2D eigenvalue weighted by atomic mass is 16.1. The molecule has 0 unspecified atom stereocenters. The van der Waals surface area contributed by atoms with Crippen molar-refractivity contribution in [3.8, 4) is 0 Å². The standard InChI is InChI=1S/C6H12N2O.C2H6/c1-3-4-6(9)8-5(2)7;1-2/h3-4H2,1-2H3,(H2,7,8,9);1-2H3. The quantitative estimate of drug-likeness (QED) is 0.491. The second kappa shape index (κ2) is 9.14. The van der Waals surface area contributed by atoms with Gasteiger partial charge in [-0.05, 0) is 13.3 Å². The minimum absolute atomic E-state index is 0.127. The molecule has 0 aromatic rings. The van der Waals surface area contributed by atoms with Crippen LogP contribution in [0, 0.1) is 0 Å². The molecular formula is C8H18N2O. The Hall–Kier alpha value is -0.860. The molecule has 0 spiro atoms. The zero-order chi connectivity index (χ0) is 9.28. The summed E-state index contributed by atoms with van der Waals surface area (Å²) < 4.78 is 0. The molecule has 1 amide bonds. The second-order valence-electron chi connectivity index (χ2n) is 1.90. The van der Waals surface area contributed by atoms with Gasteiger partial charge >= 0.3 is 0 Å². The molecule has 3 heteroatoms. The monoisotopic (exact) mass is 158 g/mol. The summed E-state index contributed by atoms with van der Waals surface area (Å²) in [6, 6.07) is 0. The highest BCUT2D eigenvalue weighted by Crippen LogP contribution is 1.89. The predicted octanol–water partition coefficient (Wildman–Crippen LogP) is 1.72. The zero-order valence-electron chi connectivity index (χ0n) is 7.85. The summed E-state index contributed by atoms with van der Waals surface area (Å²) in [5, 5.41) is 0. The summed E-state index contributed by atoms with van der Waals surface area (Å²) in [5.41, 5.74) is 5.15. The van der Waals surface area contributed by atoms with Gasteiger partial charge in [0.05, 0.1) is 5.84 Å². The van der Waals surface area contributed by atoms with Crippen LogP contribution in [-0.4, -0.2) is 11.7 Å². The van der Waals surface area contributed by atoms with Crippen molar-refractivity contribution in [2.24, 2.45) is 10.7 Å². The van der Waals surface area contributed by atoms with E-state index in [-0.39, 0.29) is 5.91 Å². The lowest BCUT2D eigenvalue weighted by Gasteiger charge is -1.89. The highest BCUT2D eigenvalue weighted by Gasteiger charge is 1.93. The number of nitrogens with zero attached hydrogens (tertiary/aromatic N) is 1. The van der Waals surface area contributed by atoms with Crippen molar-refractivity contribution in [3.05, 3.63) is 0 Å². The van der Waals surface area contributed by atoms with Crippen LogP contribution in [0.15, 0.2) is 4.99 Å². The summed E-state index contributed by atoms with van der Waals surface area (Å²) in [4.78, 5) is 14.1. The number of rotatable bonds is 2. The Morgan fingerprint density at radius 1 is 1.45 bits per heavy atom. The van der Waals surface area contributed by atoms with E-state index in [9.17, 15) is 4.79 Å². The maximum Gasteiger partial charge on any atom is 0.247 e. The number of hydrogen-bond donors (Lipinski definition) is 1. The maximum atomic E-state index is 10.6. The van der Waals surface area contributed by atoms with Crippen LogP contribution in [-0.2, 0) is 4.79 Å². The molecule has 0 saturated heterocycles. The molecule has 0 fully saturated rings. The Kier molecular flexibility index (Phi) is 10.6. The Morgan fingerprint density at radius 3 is 2.18 bits per heavy atom. The summed E-state index contributed by atoms with van der Waals surface area (Å²) in [6.07, 6.45) is 1.32. The van der Waals surface area contributed by atoms with E-state index in [0.29, 0.717) is 12.3 Å². The first-order valence-corrected chi connectivity index (χ1v) is 4.00. The van der Waals surface area contributed by atoms with Crippen molar-refractivity contribution >= 4 is 11.7 Å². The maximum absolute atomic E-state index is 10.6. The normalized spacial score (nSPS) is 10.0. The van der Waals surface area contributed by atoms with Gasteiger partial charge in [0.15, 0.2) is 0 Å². The minimum atomic E-state index is -0.127. The molecule has 0 aliphatic carbocycles. The van der Waals surface area contributed by atoms with E-state index in [4.69, 9.17) is 5.73 Å². The average Bonchev–Trinajstić information content (AvgIpc) is 1.91. The SMILES string of the molecule is CC.CCCC(=O)N=C(C)N. The van der Waals surface area contributed by atoms with Crippen molar-refractivity contribution < 1.29 is 4.79 Å². The molecule has 66 valence electrons. The number of carbonyl (C=O) groups excluding carboxylic acids is 1. The van der Waals surface area contributed by atoms with Gasteiger partial charge in [-0.15, -0.1) is 0 Å². The Bertz CT molecular complexity index is 126. The third kappa shape index (κ3) is 12.4. The van der Waals surface area contributed by atoms with Gasteiger partial charge in [0, 0.05) is 6.42 Å². The summed E-state index contributed by atoms with van der Waals surface area (Å²) >= 11 is 0. The fraction of sp³-hybridized carbons (Fsp3) is 0.750. The largest absolute Gasteiger partial charge is 0.387 e. The topological polar surface area (TPSA) is 55.5 Å². The molecule has 0 bridgehead atoms. The molecule has 0 aliphatic heterocycles. The Labute approximate surface area is 68.7 Å². The van der Waals surface area contributed by atoms with Crippen LogP contribution in [0.4, 0.5) is 0 Å². The average molecular weight is 158 g/mol. The number of hydrogen-bond acceptors (Lipinski definition) is 1. The van der Waals surface area contributed by atoms with E-state index in [1.807, 2.05) is 20.8 Å². The van der Waals surface area contributed by atoms with Gasteiger partial charge in [-0.3, -0.25) is 4.79 Å². The first-order chi connectivity index (χ1) is 5.16. The summed E-state index contributed by atoms with van der Waals surface area (Å²) in [6.45, 7) is 7.53. The molecule has 3 nitrogen and oxygen atoms in total. The van der Waals surface area contributed by atoms with Crippen LogP contribution in [0.5, 0.6) is 0 Å². The van der Waals surface area contributed by atoms with E-state index < -0.39 is 0 Å². The van der Waals surface area contributed by atoms with Crippen LogP contribution in [0.1, 0.15) is 40.5 Å². The van der Waals surface area contributed by atoms with Gasteiger partial charge in [-0.25, -0.2) is 4.99 Å². The number of amidine groups is 1. The van der Waals surface area contributed by atoms with Gasteiger partial charge < -0.3 is 5.73 Å². The number of nitrogens with two attached hydrogens (primary N) is 1.